The lowest BCUT2D eigenvalue weighted by Gasteiger charge is -2.48. The van der Waals surface area contributed by atoms with Crippen LogP contribution < -0.4 is 10.5 Å². The number of likely N-dealkylation sites (tertiary alicyclic amines) is 1. The molecule has 3 N–H and O–H groups in total. The molecular weight excluding hydrogens is 360 g/mol. The van der Waals surface area contributed by atoms with Gasteiger partial charge in [-0.15, -0.1) is 0 Å². The number of carboxylic acid groups (broad SMARTS) is 1. The molecule has 1 fully saturated rings. The molecule has 3 atom stereocenters. The Bertz CT molecular complexity index is 908. The molecule has 0 aliphatic carbocycles. The second-order valence-electron chi connectivity index (χ2n) is 6.46. The number of benzene rings is 2. The van der Waals surface area contributed by atoms with E-state index in [1.165, 1.54) is 17.9 Å². The highest BCUT2D eigenvalue weighted by molar-refractivity contribution is 5.93. The van der Waals surface area contributed by atoms with Crippen molar-refractivity contribution < 1.29 is 24.2 Å². The van der Waals surface area contributed by atoms with Crippen molar-refractivity contribution in [1.82, 2.24) is 4.90 Å². The lowest BCUT2D eigenvalue weighted by molar-refractivity contribution is -0.175. The fourth-order valence-corrected chi connectivity index (χ4v) is 3.11. The SMILES string of the molecule is C[C@@H](C(=O)O)N1C(=O)C(Oc2ccccc2)C1c1ccc(/C=C/C(N)=O)cc1. The number of hydrogen-bond donors (Lipinski definition) is 2. The number of para-hydroxylation sites is 1. The van der Waals surface area contributed by atoms with Crippen LogP contribution in [0.4, 0.5) is 0 Å². The second-order valence-corrected chi connectivity index (χ2v) is 6.46. The topological polar surface area (TPSA) is 110 Å². The summed E-state index contributed by atoms with van der Waals surface area (Å²) in [5, 5.41) is 9.35. The normalized spacial score (nSPS) is 19.9. The van der Waals surface area contributed by atoms with E-state index in [1.807, 2.05) is 6.07 Å². The van der Waals surface area contributed by atoms with Crippen LogP contribution >= 0.6 is 0 Å². The minimum Gasteiger partial charge on any atom is -0.480 e. The molecule has 144 valence electrons. The van der Waals surface area contributed by atoms with Crippen molar-refractivity contribution >= 4 is 23.9 Å². The summed E-state index contributed by atoms with van der Waals surface area (Å²) in [5.74, 6) is -1.47. The molecule has 1 saturated heterocycles. The smallest absolute Gasteiger partial charge is 0.326 e. The van der Waals surface area contributed by atoms with Gasteiger partial charge in [-0.1, -0.05) is 42.5 Å². The maximum Gasteiger partial charge on any atom is 0.326 e. The third kappa shape index (κ3) is 3.88. The molecule has 2 unspecified atom stereocenters. The van der Waals surface area contributed by atoms with E-state index in [-0.39, 0.29) is 5.91 Å². The van der Waals surface area contributed by atoms with Gasteiger partial charge >= 0.3 is 5.97 Å². The Morgan fingerprint density at radius 2 is 1.79 bits per heavy atom. The van der Waals surface area contributed by atoms with Crippen LogP contribution in [0.3, 0.4) is 0 Å². The first kappa shape index (κ1) is 19.2. The summed E-state index contributed by atoms with van der Waals surface area (Å²) >= 11 is 0. The number of carbonyl (C=O) groups excluding carboxylic acids is 2. The van der Waals surface area contributed by atoms with Crippen molar-refractivity contribution in [1.29, 1.82) is 0 Å². The van der Waals surface area contributed by atoms with E-state index in [0.717, 1.165) is 11.1 Å². The first-order chi connectivity index (χ1) is 13.4. The van der Waals surface area contributed by atoms with Gasteiger partial charge in [-0.3, -0.25) is 9.59 Å². The van der Waals surface area contributed by atoms with Crippen LogP contribution in [0.5, 0.6) is 5.75 Å². The van der Waals surface area contributed by atoms with Gasteiger partial charge in [0.25, 0.3) is 5.91 Å². The predicted octanol–water partition coefficient (Wildman–Crippen LogP) is 1.99. The van der Waals surface area contributed by atoms with Crippen LogP contribution in [-0.4, -0.2) is 39.9 Å². The lowest BCUT2D eigenvalue weighted by atomic mass is 9.88. The molecule has 3 rings (SSSR count). The maximum atomic E-state index is 12.6. The van der Waals surface area contributed by atoms with E-state index in [2.05, 4.69) is 0 Å². The van der Waals surface area contributed by atoms with Crippen molar-refractivity contribution in [3.63, 3.8) is 0 Å². The van der Waals surface area contributed by atoms with Gasteiger partial charge in [0.2, 0.25) is 12.0 Å². The highest BCUT2D eigenvalue weighted by Crippen LogP contribution is 2.39. The quantitative estimate of drug-likeness (QED) is 0.564. The van der Waals surface area contributed by atoms with Crippen LogP contribution in [0.2, 0.25) is 0 Å². The molecule has 28 heavy (non-hydrogen) atoms. The highest BCUT2D eigenvalue weighted by atomic mass is 16.5. The van der Waals surface area contributed by atoms with Crippen molar-refractivity contribution in [2.24, 2.45) is 5.73 Å². The molecule has 7 heteroatoms. The van der Waals surface area contributed by atoms with Gasteiger partial charge in [0.1, 0.15) is 17.8 Å². The highest BCUT2D eigenvalue weighted by Gasteiger charge is 2.53. The summed E-state index contributed by atoms with van der Waals surface area (Å²) in [4.78, 5) is 36.2. The van der Waals surface area contributed by atoms with Gasteiger partial charge in [-0.2, -0.15) is 0 Å². The zero-order chi connectivity index (χ0) is 20.3. The minimum atomic E-state index is -1.09. The first-order valence-corrected chi connectivity index (χ1v) is 8.72. The van der Waals surface area contributed by atoms with Gasteiger partial charge in [-0.25, -0.2) is 4.79 Å². The average molecular weight is 380 g/mol. The Hall–Kier alpha value is -3.61. The number of carboxylic acids is 1. The fourth-order valence-electron chi connectivity index (χ4n) is 3.11. The van der Waals surface area contributed by atoms with E-state index in [0.29, 0.717) is 5.75 Å². The van der Waals surface area contributed by atoms with Gasteiger partial charge in [-0.05, 0) is 36.3 Å². The molecule has 1 aliphatic rings. The number of β-lactam (4-membered cyclic amide) rings is 1. The number of carbonyl (C=O) groups is 3. The summed E-state index contributed by atoms with van der Waals surface area (Å²) in [7, 11) is 0. The van der Waals surface area contributed by atoms with E-state index in [4.69, 9.17) is 10.5 Å². The third-order valence-electron chi connectivity index (χ3n) is 4.58. The largest absolute Gasteiger partial charge is 0.480 e. The molecule has 2 aromatic carbocycles. The Kier molecular flexibility index (Phi) is 5.44. The van der Waals surface area contributed by atoms with Gasteiger partial charge in [0, 0.05) is 6.08 Å². The molecule has 0 aromatic heterocycles. The van der Waals surface area contributed by atoms with Crippen molar-refractivity contribution in [2.75, 3.05) is 0 Å². The number of ether oxygens (including phenoxy) is 1. The zero-order valence-electron chi connectivity index (χ0n) is 15.2. The van der Waals surface area contributed by atoms with Crippen LogP contribution in [0.25, 0.3) is 6.08 Å². The number of nitrogens with two attached hydrogens (primary N) is 1. The Balaban J connectivity index is 1.88. The molecule has 0 saturated carbocycles. The van der Waals surface area contributed by atoms with Crippen molar-refractivity contribution in [2.45, 2.75) is 25.1 Å². The molecule has 1 heterocycles. The molecule has 2 aromatic rings. The zero-order valence-corrected chi connectivity index (χ0v) is 15.2. The molecular formula is C21H20N2O5. The summed E-state index contributed by atoms with van der Waals surface area (Å²) in [6.07, 6.45) is 2.02. The lowest BCUT2D eigenvalue weighted by Crippen LogP contribution is -2.65. The van der Waals surface area contributed by atoms with Crippen LogP contribution in [0.15, 0.2) is 60.7 Å². The first-order valence-electron chi connectivity index (χ1n) is 8.72. The monoisotopic (exact) mass is 380 g/mol. The summed E-state index contributed by atoms with van der Waals surface area (Å²) in [6, 6.07) is 14.5. The van der Waals surface area contributed by atoms with Crippen molar-refractivity contribution in [3.8, 4) is 5.75 Å². The number of nitrogens with zero attached hydrogens (tertiary/aromatic N) is 1. The average Bonchev–Trinajstić information content (AvgIpc) is 2.69. The molecule has 7 nitrogen and oxygen atoms in total. The van der Waals surface area contributed by atoms with Gasteiger partial charge in [0.15, 0.2) is 0 Å². The number of rotatable bonds is 7. The minimum absolute atomic E-state index is 0.374. The van der Waals surface area contributed by atoms with Gasteiger partial charge < -0.3 is 20.5 Å². The standard InChI is InChI=1S/C21H20N2O5/c1-13(21(26)27)23-18(15-10-7-14(8-11-15)9-12-17(22)24)19(20(23)25)28-16-5-3-2-4-6-16/h2-13,18-19H,1H3,(H2,22,24)(H,26,27)/b12-9+/t13-,18?,19?/m0/s1. The third-order valence-corrected chi connectivity index (χ3v) is 4.58. The van der Waals surface area contributed by atoms with E-state index in [9.17, 15) is 19.5 Å². The molecule has 0 radical (unpaired) electrons. The Morgan fingerprint density at radius 1 is 1.14 bits per heavy atom. The Morgan fingerprint density at radius 3 is 2.36 bits per heavy atom. The maximum absolute atomic E-state index is 12.6. The molecule has 1 aliphatic heterocycles. The Labute approximate surface area is 162 Å². The van der Waals surface area contributed by atoms with Crippen LogP contribution in [0, 0.1) is 0 Å². The fraction of sp³-hybridized carbons (Fsp3) is 0.190. The summed E-state index contributed by atoms with van der Waals surface area (Å²) in [5.41, 5.74) is 6.59. The molecule has 0 bridgehead atoms. The van der Waals surface area contributed by atoms with E-state index < -0.39 is 30.1 Å². The van der Waals surface area contributed by atoms with Gasteiger partial charge in [0.05, 0.1) is 0 Å². The molecule has 2 amide bonds. The van der Waals surface area contributed by atoms with Crippen LogP contribution in [0.1, 0.15) is 24.1 Å². The van der Waals surface area contributed by atoms with E-state index >= 15 is 0 Å². The molecule has 0 spiro atoms. The summed E-state index contributed by atoms with van der Waals surface area (Å²) in [6.45, 7) is 1.47. The number of aliphatic carboxylic acids is 1. The van der Waals surface area contributed by atoms with Crippen molar-refractivity contribution in [3.05, 3.63) is 71.8 Å². The summed E-state index contributed by atoms with van der Waals surface area (Å²) < 4.78 is 5.84. The second kappa shape index (κ2) is 7.96. The van der Waals surface area contributed by atoms with Crippen LogP contribution in [-0.2, 0) is 14.4 Å². The number of amides is 2. The van der Waals surface area contributed by atoms with E-state index in [1.54, 1.807) is 54.6 Å². The number of primary amides is 1. The predicted molar refractivity (Wildman–Crippen MR) is 102 cm³/mol. The number of hydrogen-bond acceptors (Lipinski definition) is 4.